The molecule has 0 aliphatic carbocycles. The highest BCUT2D eigenvalue weighted by Gasteiger charge is 2.19. The highest BCUT2D eigenvalue weighted by atomic mass is 16.6. The van der Waals surface area contributed by atoms with Crippen LogP contribution in [0, 0.1) is 24.0 Å². The molecule has 1 amide bonds. The maximum atomic E-state index is 13.2. The van der Waals surface area contributed by atoms with Crippen molar-refractivity contribution in [2.45, 2.75) is 13.8 Å². The van der Waals surface area contributed by atoms with E-state index < -0.39 is 10.8 Å². The van der Waals surface area contributed by atoms with Gasteiger partial charge >= 0.3 is 0 Å². The highest BCUT2D eigenvalue weighted by molar-refractivity contribution is 6.07. The predicted molar refractivity (Wildman–Crippen MR) is 118 cm³/mol. The van der Waals surface area contributed by atoms with Crippen molar-refractivity contribution >= 4 is 28.2 Å². The standard InChI is InChI=1S/C23H18N4O4/c1-14-7-10-17(11-8-14)26-15(2)24-20-12-9-16(13-19(20)23(26)29)25-22(28)18-5-3-4-6-21(18)27(30)31/h3-13H,1-2H3,(H,25,28). The third-order valence-corrected chi connectivity index (χ3v) is 4.93. The van der Waals surface area contributed by atoms with Gasteiger partial charge in [-0.25, -0.2) is 4.98 Å². The zero-order valence-electron chi connectivity index (χ0n) is 16.8. The molecule has 0 radical (unpaired) electrons. The van der Waals surface area contributed by atoms with Crippen LogP contribution in [0.2, 0.25) is 0 Å². The zero-order chi connectivity index (χ0) is 22.1. The molecule has 0 aliphatic rings. The van der Waals surface area contributed by atoms with E-state index >= 15 is 0 Å². The molecule has 1 heterocycles. The molecule has 31 heavy (non-hydrogen) atoms. The fourth-order valence-electron chi connectivity index (χ4n) is 3.40. The minimum Gasteiger partial charge on any atom is -0.322 e. The van der Waals surface area contributed by atoms with Gasteiger partial charge in [0.25, 0.3) is 17.2 Å². The molecule has 0 saturated carbocycles. The number of carbonyl (C=O) groups excluding carboxylic acids is 1. The number of anilines is 1. The lowest BCUT2D eigenvalue weighted by Gasteiger charge is -2.12. The number of nitrogens with zero attached hydrogens (tertiary/aromatic N) is 3. The minimum atomic E-state index is -0.634. The van der Waals surface area contributed by atoms with Crippen LogP contribution >= 0.6 is 0 Å². The summed E-state index contributed by atoms with van der Waals surface area (Å²) < 4.78 is 1.51. The Balaban J connectivity index is 1.76. The van der Waals surface area contributed by atoms with Gasteiger partial charge in [-0.2, -0.15) is 0 Å². The van der Waals surface area contributed by atoms with Gasteiger partial charge in [-0.3, -0.25) is 24.3 Å². The predicted octanol–water partition coefficient (Wildman–Crippen LogP) is 4.16. The van der Waals surface area contributed by atoms with Crippen LogP contribution in [-0.2, 0) is 0 Å². The van der Waals surface area contributed by atoms with E-state index in [9.17, 15) is 19.7 Å². The van der Waals surface area contributed by atoms with Crippen molar-refractivity contribution in [3.8, 4) is 5.69 Å². The Kier molecular flexibility index (Phi) is 5.04. The van der Waals surface area contributed by atoms with Gasteiger partial charge in [0.2, 0.25) is 0 Å². The van der Waals surface area contributed by atoms with Crippen LogP contribution in [-0.4, -0.2) is 20.4 Å². The number of aryl methyl sites for hydroxylation is 2. The van der Waals surface area contributed by atoms with Gasteiger partial charge in [-0.15, -0.1) is 0 Å². The van der Waals surface area contributed by atoms with Crippen molar-refractivity contribution in [2.75, 3.05) is 5.32 Å². The van der Waals surface area contributed by atoms with Crippen molar-refractivity contribution in [2.24, 2.45) is 0 Å². The first-order valence-electron chi connectivity index (χ1n) is 9.50. The van der Waals surface area contributed by atoms with E-state index in [2.05, 4.69) is 10.3 Å². The van der Waals surface area contributed by atoms with Gasteiger partial charge in [0.05, 0.1) is 21.5 Å². The van der Waals surface area contributed by atoms with Crippen molar-refractivity contribution in [1.82, 2.24) is 9.55 Å². The minimum absolute atomic E-state index is 0.0632. The van der Waals surface area contributed by atoms with E-state index in [1.165, 1.54) is 28.8 Å². The lowest BCUT2D eigenvalue weighted by atomic mass is 10.1. The number of hydrogen-bond acceptors (Lipinski definition) is 5. The van der Waals surface area contributed by atoms with Crippen molar-refractivity contribution < 1.29 is 9.72 Å². The number of nitro benzene ring substituents is 1. The maximum absolute atomic E-state index is 13.2. The smallest absolute Gasteiger partial charge is 0.282 e. The summed E-state index contributed by atoms with van der Waals surface area (Å²) >= 11 is 0. The fourth-order valence-corrected chi connectivity index (χ4v) is 3.40. The molecular formula is C23H18N4O4. The first-order valence-corrected chi connectivity index (χ1v) is 9.50. The summed E-state index contributed by atoms with van der Waals surface area (Å²) in [6, 6.07) is 18.0. The number of fused-ring (bicyclic) bond motifs is 1. The molecule has 0 saturated heterocycles. The van der Waals surface area contributed by atoms with Crippen molar-refractivity contribution in [3.63, 3.8) is 0 Å². The summed E-state index contributed by atoms with van der Waals surface area (Å²) in [4.78, 5) is 40.9. The number of nitrogens with one attached hydrogen (secondary N) is 1. The number of aromatic nitrogens is 2. The number of carbonyl (C=O) groups is 1. The van der Waals surface area contributed by atoms with E-state index in [0.717, 1.165) is 5.56 Å². The molecule has 0 bridgehead atoms. The Hall–Kier alpha value is -4.33. The molecule has 154 valence electrons. The van der Waals surface area contributed by atoms with E-state index in [0.29, 0.717) is 28.1 Å². The summed E-state index contributed by atoms with van der Waals surface area (Å²) in [6.45, 7) is 3.72. The monoisotopic (exact) mass is 414 g/mol. The number of hydrogen-bond donors (Lipinski definition) is 1. The number of para-hydroxylation sites is 1. The normalized spacial score (nSPS) is 10.8. The second kappa shape index (κ2) is 7.83. The Morgan fingerprint density at radius 1 is 1.03 bits per heavy atom. The van der Waals surface area contributed by atoms with Crippen LogP contribution in [0.4, 0.5) is 11.4 Å². The molecule has 1 N–H and O–H groups in total. The van der Waals surface area contributed by atoms with Crippen LogP contribution < -0.4 is 10.9 Å². The Morgan fingerprint density at radius 2 is 1.74 bits per heavy atom. The summed E-state index contributed by atoms with van der Waals surface area (Å²) in [7, 11) is 0. The molecule has 4 rings (SSSR count). The molecule has 0 spiro atoms. The van der Waals surface area contributed by atoms with Gasteiger partial charge in [0.15, 0.2) is 0 Å². The number of amides is 1. The van der Waals surface area contributed by atoms with Gasteiger partial charge in [-0.05, 0) is 50.2 Å². The highest BCUT2D eigenvalue weighted by Crippen LogP contribution is 2.21. The molecule has 8 nitrogen and oxygen atoms in total. The summed E-state index contributed by atoms with van der Waals surface area (Å²) in [6.07, 6.45) is 0. The van der Waals surface area contributed by atoms with E-state index in [1.54, 1.807) is 25.1 Å². The molecule has 0 fully saturated rings. The lowest BCUT2D eigenvalue weighted by Crippen LogP contribution is -2.22. The quantitative estimate of drug-likeness (QED) is 0.398. The zero-order valence-corrected chi connectivity index (χ0v) is 16.8. The first kappa shape index (κ1) is 20.0. The third-order valence-electron chi connectivity index (χ3n) is 4.93. The second-order valence-corrected chi connectivity index (χ2v) is 7.10. The number of nitro groups is 1. The fraction of sp³-hybridized carbons (Fsp3) is 0.0870. The molecule has 0 atom stereocenters. The van der Waals surface area contributed by atoms with Crippen molar-refractivity contribution in [1.29, 1.82) is 0 Å². The first-order chi connectivity index (χ1) is 14.8. The Labute approximate surface area is 176 Å². The van der Waals surface area contributed by atoms with Crippen molar-refractivity contribution in [3.05, 3.63) is 104 Å². The van der Waals surface area contributed by atoms with Crippen LogP contribution in [0.3, 0.4) is 0 Å². The molecule has 8 heteroatoms. The lowest BCUT2D eigenvalue weighted by molar-refractivity contribution is -0.385. The van der Waals surface area contributed by atoms with E-state index in [-0.39, 0.29) is 16.8 Å². The molecular weight excluding hydrogens is 396 g/mol. The Bertz CT molecular complexity index is 1390. The average molecular weight is 414 g/mol. The van der Waals surface area contributed by atoms with E-state index in [1.807, 2.05) is 31.2 Å². The topological polar surface area (TPSA) is 107 Å². The third kappa shape index (κ3) is 3.78. The van der Waals surface area contributed by atoms with Crippen LogP contribution in [0.25, 0.3) is 16.6 Å². The number of rotatable bonds is 4. The summed E-state index contributed by atoms with van der Waals surface area (Å²) in [5.74, 6) is -0.0939. The van der Waals surface area contributed by atoms with Gasteiger partial charge in [0.1, 0.15) is 11.4 Å². The SMILES string of the molecule is Cc1ccc(-n2c(C)nc3ccc(NC(=O)c4ccccc4[N+](=O)[O-])cc3c2=O)cc1. The molecule has 0 aliphatic heterocycles. The molecule has 1 aromatic heterocycles. The second-order valence-electron chi connectivity index (χ2n) is 7.10. The Morgan fingerprint density at radius 3 is 2.45 bits per heavy atom. The van der Waals surface area contributed by atoms with Gasteiger partial charge in [-0.1, -0.05) is 29.8 Å². The average Bonchev–Trinajstić information content (AvgIpc) is 2.75. The summed E-state index contributed by atoms with van der Waals surface area (Å²) in [5, 5.41) is 14.2. The summed E-state index contributed by atoms with van der Waals surface area (Å²) in [5.41, 5.74) is 1.98. The van der Waals surface area contributed by atoms with Gasteiger partial charge in [0, 0.05) is 11.8 Å². The largest absolute Gasteiger partial charge is 0.322 e. The maximum Gasteiger partial charge on any atom is 0.282 e. The molecule has 0 unspecified atom stereocenters. The van der Waals surface area contributed by atoms with Crippen LogP contribution in [0.5, 0.6) is 0 Å². The van der Waals surface area contributed by atoms with Crippen LogP contribution in [0.15, 0.2) is 71.5 Å². The molecule has 3 aromatic carbocycles. The van der Waals surface area contributed by atoms with Crippen LogP contribution in [0.1, 0.15) is 21.7 Å². The molecule has 4 aromatic rings. The van der Waals surface area contributed by atoms with Gasteiger partial charge < -0.3 is 5.32 Å². The number of benzene rings is 3. The van der Waals surface area contributed by atoms with E-state index in [4.69, 9.17) is 0 Å².